The second-order valence-electron chi connectivity index (χ2n) is 4.85. The van der Waals surface area contributed by atoms with Crippen LogP contribution in [0.1, 0.15) is 26.7 Å². The molecule has 0 amide bonds. The second-order valence-corrected chi connectivity index (χ2v) is 5.26. The number of hydrogen-bond acceptors (Lipinski definition) is 3. The van der Waals surface area contributed by atoms with Crippen LogP contribution in [-0.4, -0.2) is 30.2 Å². The van der Waals surface area contributed by atoms with E-state index in [1.807, 2.05) is 12.1 Å². The van der Waals surface area contributed by atoms with E-state index in [0.717, 1.165) is 23.9 Å². The zero-order chi connectivity index (χ0) is 12.3. The van der Waals surface area contributed by atoms with Gasteiger partial charge in [-0.1, -0.05) is 11.6 Å². The van der Waals surface area contributed by atoms with Crippen molar-refractivity contribution in [1.82, 2.24) is 10.3 Å². The molecule has 0 aliphatic carbocycles. The molecule has 2 heterocycles. The van der Waals surface area contributed by atoms with Crippen LogP contribution in [-0.2, 0) is 0 Å². The molecule has 2 rings (SSSR count). The predicted molar refractivity (Wildman–Crippen MR) is 72.8 cm³/mol. The second kappa shape index (κ2) is 5.69. The molecule has 1 unspecified atom stereocenters. The molecule has 1 aliphatic rings. The van der Waals surface area contributed by atoms with E-state index in [0.29, 0.717) is 12.1 Å². The first-order valence-electron chi connectivity index (χ1n) is 6.29. The first-order chi connectivity index (χ1) is 8.18. The van der Waals surface area contributed by atoms with Gasteiger partial charge in [0.2, 0.25) is 0 Å². The van der Waals surface area contributed by atoms with Gasteiger partial charge in [0, 0.05) is 24.8 Å². The molecule has 94 valence electrons. The Hall–Kier alpha value is -0.800. The van der Waals surface area contributed by atoms with Crippen molar-refractivity contribution < 1.29 is 0 Å². The third kappa shape index (κ3) is 3.11. The average molecular weight is 254 g/mol. The monoisotopic (exact) mass is 253 g/mol. The molecular formula is C13H20ClN3. The van der Waals surface area contributed by atoms with Gasteiger partial charge < -0.3 is 10.2 Å². The van der Waals surface area contributed by atoms with Crippen molar-refractivity contribution >= 4 is 17.4 Å². The molecule has 0 spiro atoms. The molecule has 0 aromatic carbocycles. The molecule has 1 aromatic rings. The largest absolute Gasteiger partial charge is 0.351 e. The summed E-state index contributed by atoms with van der Waals surface area (Å²) in [5, 5.41) is 4.25. The van der Waals surface area contributed by atoms with E-state index in [1.165, 1.54) is 12.8 Å². The lowest BCUT2D eigenvalue weighted by Crippen LogP contribution is -2.41. The normalized spacial score (nSPS) is 19.9. The lowest BCUT2D eigenvalue weighted by atomic mass is 10.2. The number of pyridine rings is 1. The van der Waals surface area contributed by atoms with Gasteiger partial charge in [0.15, 0.2) is 0 Å². The van der Waals surface area contributed by atoms with Crippen LogP contribution in [0.15, 0.2) is 18.3 Å². The zero-order valence-electron chi connectivity index (χ0n) is 10.5. The SMILES string of the molecule is CC(C)N(CC1CCCN1)c1ncccc1Cl. The molecule has 0 saturated carbocycles. The number of halogens is 1. The summed E-state index contributed by atoms with van der Waals surface area (Å²) in [6, 6.07) is 4.75. The maximum Gasteiger partial charge on any atom is 0.147 e. The van der Waals surface area contributed by atoms with Crippen molar-refractivity contribution in [2.75, 3.05) is 18.0 Å². The summed E-state index contributed by atoms with van der Waals surface area (Å²) < 4.78 is 0. The molecule has 4 heteroatoms. The highest BCUT2D eigenvalue weighted by molar-refractivity contribution is 6.32. The molecule has 0 radical (unpaired) electrons. The summed E-state index contributed by atoms with van der Waals surface area (Å²) in [5.41, 5.74) is 0. The van der Waals surface area contributed by atoms with Gasteiger partial charge in [-0.05, 0) is 45.4 Å². The quantitative estimate of drug-likeness (QED) is 0.894. The summed E-state index contributed by atoms with van der Waals surface area (Å²) in [7, 11) is 0. The van der Waals surface area contributed by atoms with Crippen molar-refractivity contribution in [2.45, 2.75) is 38.8 Å². The van der Waals surface area contributed by atoms with Crippen molar-refractivity contribution in [2.24, 2.45) is 0 Å². The van der Waals surface area contributed by atoms with E-state index in [4.69, 9.17) is 11.6 Å². The minimum absolute atomic E-state index is 0.407. The highest BCUT2D eigenvalue weighted by Gasteiger charge is 2.21. The molecule has 1 atom stereocenters. The number of nitrogens with zero attached hydrogens (tertiary/aromatic N) is 2. The summed E-state index contributed by atoms with van der Waals surface area (Å²) in [6.45, 7) is 6.47. The number of rotatable bonds is 4. The smallest absolute Gasteiger partial charge is 0.147 e. The first kappa shape index (κ1) is 12.7. The molecular weight excluding hydrogens is 234 g/mol. The minimum Gasteiger partial charge on any atom is -0.351 e. The Morgan fingerprint density at radius 2 is 2.41 bits per heavy atom. The van der Waals surface area contributed by atoms with Gasteiger partial charge >= 0.3 is 0 Å². The molecule has 17 heavy (non-hydrogen) atoms. The number of aromatic nitrogens is 1. The van der Waals surface area contributed by atoms with E-state index in [9.17, 15) is 0 Å². The fraction of sp³-hybridized carbons (Fsp3) is 0.615. The lowest BCUT2D eigenvalue weighted by Gasteiger charge is -2.31. The van der Waals surface area contributed by atoms with Gasteiger partial charge in [-0.3, -0.25) is 0 Å². The Balaban J connectivity index is 2.14. The summed E-state index contributed by atoms with van der Waals surface area (Å²) in [4.78, 5) is 6.69. The highest BCUT2D eigenvalue weighted by Crippen LogP contribution is 2.25. The van der Waals surface area contributed by atoms with Crippen LogP contribution < -0.4 is 10.2 Å². The summed E-state index contributed by atoms with van der Waals surface area (Å²) >= 11 is 6.22. The average Bonchev–Trinajstić information content (AvgIpc) is 2.79. The summed E-state index contributed by atoms with van der Waals surface area (Å²) in [5.74, 6) is 0.901. The molecule has 1 fully saturated rings. The maximum absolute atomic E-state index is 6.22. The molecule has 1 N–H and O–H groups in total. The van der Waals surface area contributed by atoms with Crippen LogP contribution in [0.3, 0.4) is 0 Å². The van der Waals surface area contributed by atoms with E-state index in [-0.39, 0.29) is 0 Å². The fourth-order valence-corrected chi connectivity index (χ4v) is 2.51. The van der Waals surface area contributed by atoms with Crippen molar-refractivity contribution in [3.63, 3.8) is 0 Å². The van der Waals surface area contributed by atoms with Crippen LogP contribution in [0.25, 0.3) is 0 Å². The van der Waals surface area contributed by atoms with E-state index < -0.39 is 0 Å². The minimum atomic E-state index is 0.407. The Morgan fingerprint density at radius 1 is 1.59 bits per heavy atom. The molecule has 1 aliphatic heterocycles. The van der Waals surface area contributed by atoms with E-state index in [1.54, 1.807) is 6.20 Å². The number of anilines is 1. The van der Waals surface area contributed by atoms with Crippen LogP contribution in [0, 0.1) is 0 Å². The van der Waals surface area contributed by atoms with Crippen LogP contribution in [0.4, 0.5) is 5.82 Å². The van der Waals surface area contributed by atoms with Gasteiger partial charge in [-0.25, -0.2) is 4.98 Å². The third-order valence-electron chi connectivity index (χ3n) is 3.21. The molecule has 0 bridgehead atoms. The topological polar surface area (TPSA) is 28.2 Å². The summed E-state index contributed by atoms with van der Waals surface area (Å²) in [6.07, 6.45) is 4.32. The standard InChI is InChI=1S/C13H20ClN3/c1-10(2)17(9-11-5-3-7-15-11)13-12(14)6-4-8-16-13/h4,6,8,10-11,15H,3,5,7,9H2,1-2H3. The van der Waals surface area contributed by atoms with Crippen molar-refractivity contribution in [3.8, 4) is 0 Å². The lowest BCUT2D eigenvalue weighted by molar-refractivity contribution is 0.549. The Kier molecular flexibility index (Phi) is 4.24. The van der Waals surface area contributed by atoms with Crippen molar-refractivity contribution in [3.05, 3.63) is 23.4 Å². The zero-order valence-corrected chi connectivity index (χ0v) is 11.2. The van der Waals surface area contributed by atoms with Gasteiger partial charge in [-0.2, -0.15) is 0 Å². The molecule has 1 saturated heterocycles. The van der Waals surface area contributed by atoms with Crippen molar-refractivity contribution in [1.29, 1.82) is 0 Å². The highest BCUT2D eigenvalue weighted by atomic mass is 35.5. The third-order valence-corrected chi connectivity index (χ3v) is 3.51. The van der Waals surface area contributed by atoms with Gasteiger partial charge in [-0.15, -0.1) is 0 Å². The van der Waals surface area contributed by atoms with Crippen LogP contribution in [0.2, 0.25) is 5.02 Å². The van der Waals surface area contributed by atoms with Gasteiger partial charge in [0.05, 0.1) is 5.02 Å². The van der Waals surface area contributed by atoms with Gasteiger partial charge in [0.25, 0.3) is 0 Å². The Bertz CT molecular complexity index is 361. The van der Waals surface area contributed by atoms with Gasteiger partial charge in [0.1, 0.15) is 5.82 Å². The Labute approximate surface area is 108 Å². The number of nitrogens with one attached hydrogen (secondary N) is 1. The van der Waals surface area contributed by atoms with E-state index in [2.05, 4.69) is 29.0 Å². The van der Waals surface area contributed by atoms with Crippen LogP contribution in [0.5, 0.6) is 0 Å². The predicted octanol–water partition coefficient (Wildman–Crippen LogP) is 2.70. The van der Waals surface area contributed by atoms with Crippen LogP contribution >= 0.6 is 11.6 Å². The van der Waals surface area contributed by atoms with E-state index >= 15 is 0 Å². The maximum atomic E-state index is 6.22. The molecule has 3 nitrogen and oxygen atoms in total. The molecule has 1 aromatic heterocycles. The number of hydrogen-bond donors (Lipinski definition) is 1. The Morgan fingerprint density at radius 3 is 3.00 bits per heavy atom. The fourth-order valence-electron chi connectivity index (χ4n) is 2.28. The first-order valence-corrected chi connectivity index (χ1v) is 6.67.